The number of furan rings is 1. The minimum absolute atomic E-state index is 0.00978. The zero-order valence-corrected chi connectivity index (χ0v) is 13.2. The van der Waals surface area contributed by atoms with Crippen molar-refractivity contribution in [3.05, 3.63) is 59.0 Å². The van der Waals surface area contributed by atoms with Gasteiger partial charge in [-0.1, -0.05) is 30.3 Å². The van der Waals surface area contributed by atoms with Gasteiger partial charge in [0.1, 0.15) is 5.76 Å². The van der Waals surface area contributed by atoms with E-state index in [1.807, 2.05) is 30.9 Å². The molecule has 1 aliphatic heterocycles. The molecule has 0 spiro atoms. The highest BCUT2D eigenvalue weighted by molar-refractivity contribution is 5.91. The molecule has 4 heteroatoms. The summed E-state index contributed by atoms with van der Waals surface area (Å²) in [7, 11) is 0. The van der Waals surface area contributed by atoms with Crippen molar-refractivity contribution < 1.29 is 9.21 Å². The first-order valence-electron chi connectivity index (χ1n) is 7.76. The van der Waals surface area contributed by atoms with E-state index in [1.165, 1.54) is 5.56 Å². The molecule has 1 amide bonds. The lowest BCUT2D eigenvalue weighted by atomic mass is 10.2. The number of hydrogen-bond donors (Lipinski definition) is 0. The molecule has 1 fully saturated rings. The van der Waals surface area contributed by atoms with E-state index in [-0.39, 0.29) is 5.91 Å². The van der Waals surface area contributed by atoms with Crippen molar-refractivity contribution in [1.29, 1.82) is 0 Å². The first-order valence-corrected chi connectivity index (χ1v) is 7.76. The standard InChI is InChI=1S/C18H22N2O2/c1-14-12-17(22-15(14)2)18(21)20-10-8-19(9-11-20)13-16-6-4-3-5-7-16/h3-7,12H,8-11,13H2,1-2H3. The number of carbonyl (C=O) groups is 1. The fraction of sp³-hybridized carbons (Fsp3) is 0.389. The lowest BCUT2D eigenvalue weighted by Crippen LogP contribution is -2.48. The van der Waals surface area contributed by atoms with E-state index in [0.29, 0.717) is 5.76 Å². The Hall–Kier alpha value is -2.07. The van der Waals surface area contributed by atoms with Gasteiger partial charge in [-0.05, 0) is 31.0 Å². The van der Waals surface area contributed by atoms with Gasteiger partial charge in [0.05, 0.1) is 0 Å². The van der Waals surface area contributed by atoms with Gasteiger partial charge in [-0.2, -0.15) is 0 Å². The molecule has 1 aromatic heterocycles. The van der Waals surface area contributed by atoms with Crippen molar-refractivity contribution in [1.82, 2.24) is 9.80 Å². The molecule has 0 atom stereocenters. The minimum Gasteiger partial charge on any atom is -0.456 e. The van der Waals surface area contributed by atoms with Crippen molar-refractivity contribution in [3.8, 4) is 0 Å². The Balaban J connectivity index is 1.56. The van der Waals surface area contributed by atoms with E-state index in [2.05, 4.69) is 29.2 Å². The van der Waals surface area contributed by atoms with E-state index in [4.69, 9.17) is 4.42 Å². The Morgan fingerprint density at radius 2 is 1.77 bits per heavy atom. The molecule has 0 aliphatic carbocycles. The van der Waals surface area contributed by atoms with Crippen molar-refractivity contribution >= 4 is 5.91 Å². The largest absolute Gasteiger partial charge is 0.456 e. The number of nitrogens with zero attached hydrogens (tertiary/aromatic N) is 2. The van der Waals surface area contributed by atoms with Crippen molar-refractivity contribution in [2.75, 3.05) is 26.2 Å². The van der Waals surface area contributed by atoms with Gasteiger partial charge in [0.25, 0.3) is 5.91 Å². The number of amides is 1. The normalized spacial score (nSPS) is 16.0. The average Bonchev–Trinajstić information content (AvgIpc) is 2.88. The molecule has 3 rings (SSSR count). The molecule has 1 aromatic carbocycles. The van der Waals surface area contributed by atoms with Crippen LogP contribution in [0.4, 0.5) is 0 Å². The zero-order chi connectivity index (χ0) is 15.5. The fourth-order valence-electron chi connectivity index (χ4n) is 2.79. The van der Waals surface area contributed by atoms with E-state index in [9.17, 15) is 4.79 Å². The predicted molar refractivity (Wildman–Crippen MR) is 85.8 cm³/mol. The van der Waals surface area contributed by atoms with Crippen LogP contribution in [0, 0.1) is 13.8 Å². The third-order valence-electron chi connectivity index (χ3n) is 4.29. The molecule has 2 heterocycles. The summed E-state index contributed by atoms with van der Waals surface area (Å²) in [6.45, 7) is 8.12. The molecular weight excluding hydrogens is 276 g/mol. The number of piperazine rings is 1. The molecule has 0 bridgehead atoms. The van der Waals surface area contributed by atoms with E-state index in [1.54, 1.807) is 0 Å². The number of benzene rings is 1. The smallest absolute Gasteiger partial charge is 0.289 e. The van der Waals surface area contributed by atoms with Gasteiger partial charge in [0, 0.05) is 32.7 Å². The Morgan fingerprint density at radius 1 is 1.09 bits per heavy atom. The molecule has 0 radical (unpaired) electrons. The highest BCUT2D eigenvalue weighted by Gasteiger charge is 2.24. The maximum Gasteiger partial charge on any atom is 0.289 e. The number of hydrogen-bond acceptors (Lipinski definition) is 3. The Kier molecular flexibility index (Phi) is 4.29. The second kappa shape index (κ2) is 6.36. The summed E-state index contributed by atoms with van der Waals surface area (Å²) in [5.74, 6) is 1.30. The maximum absolute atomic E-state index is 12.4. The highest BCUT2D eigenvalue weighted by Crippen LogP contribution is 2.17. The van der Waals surface area contributed by atoms with Crippen LogP contribution in [0.25, 0.3) is 0 Å². The molecule has 22 heavy (non-hydrogen) atoms. The van der Waals surface area contributed by atoms with Crippen LogP contribution in [0.2, 0.25) is 0 Å². The molecule has 0 unspecified atom stereocenters. The summed E-state index contributed by atoms with van der Waals surface area (Å²) in [5, 5.41) is 0. The Labute approximate surface area is 131 Å². The second-order valence-corrected chi connectivity index (χ2v) is 5.90. The van der Waals surface area contributed by atoms with Crippen LogP contribution in [0.3, 0.4) is 0 Å². The molecule has 116 valence electrons. The van der Waals surface area contributed by atoms with Gasteiger partial charge >= 0.3 is 0 Å². The first kappa shape index (κ1) is 14.9. The van der Waals surface area contributed by atoms with Crippen LogP contribution in [-0.4, -0.2) is 41.9 Å². The topological polar surface area (TPSA) is 36.7 Å². The van der Waals surface area contributed by atoms with Crippen LogP contribution in [-0.2, 0) is 6.54 Å². The minimum atomic E-state index is 0.00978. The third kappa shape index (κ3) is 3.22. The third-order valence-corrected chi connectivity index (χ3v) is 4.29. The summed E-state index contributed by atoms with van der Waals surface area (Å²) in [4.78, 5) is 16.7. The van der Waals surface area contributed by atoms with E-state index < -0.39 is 0 Å². The summed E-state index contributed by atoms with van der Waals surface area (Å²) in [5.41, 5.74) is 2.35. The predicted octanol–water partition coefficient (Wildman–Crippen LogP) is 2.85. The van der Waals surface area contributed by atoms with Gasteiger partial charge in [0.15, 0.2) is 5.76 Å². The van der Waals surface area contributed by atoms with Crippen LogP contribution >= 0.6 is 0 Å². The van der Waals surface area contributed by atoms with E-state index in [0.717, 1.165) is 44.0 Å². The SMILES string of the molecule is Cc1cc(C(=O)N2CCN(Cc3ccccc3)CC2)oc1C. The summed E-state index contributed by atoms with van der Waals surface area (Å²) in [6.07, 6.45) is 0. The van der Waals surface area contributed by atoms with Crippen LogP contribution in [0.15, 0.2) is 40.8 Å². The fourth-order valence-corrected chi connectivity index (χ4v) is 2.79. The van der Waals surface area contributed by atoms with Crippen LogP contribution < -0.4 is 0 Å². The van der Waals surface area contributed by atoms with Crippen LogP contribution in [0.5, 0.6) is 0 Å². The summed E-state index contributed by atoms with van der Waals surface area (Å²) in [6, 6.07) is 12.3. The molecule has 0 saturated carbocycles. The molecule has 1 saturated heterocycles. The Bertz CT molecular complexity index is 621. The average molecular weight is 298 g/mol. The van der Waals surface area contributed by atoms with Gasteiger partial charge in [-0.25, -0.2) is 0 Å². The van der Waals surface area contributed by atoms with Gasteiger partial charge in [-0.3, -0.25) is 9.69 Å². The van der Waals surface area contributed by atoms with Gasteiger partial charge < -0.3 is 9.32 Å². The summed E-state index contributed by atoms with van der Waals surface area (Å²) >= 11 is 0. The monoisotopic (exact) mass is 298 g/mol. The zero-order valence-electron chi connectivity index (χ0n) is 13.2. The van der Waals surface area contributed by atoms with Gasteiger partial charge in [0.2, 0.25) is 0 Å². The maximum atomic E-state index is 12.4. The Morgan fingerprint density at radius 3 is 2.36 bits per heavy atom. The quantitative estimate of drug-likeness (QED) is 0.874. The molecule has 0 N–H and O–H groups in total. The van der Waals surface area contributed by atoms with Crippen molar-refractivity contribution in [3.63, 3.8) is 0 Å². The molecule has 1 aliphatic rings. The lowest BCUT2D eigenvalue weighted by Gasteiger charge is -2.34. The van der Waals surface area contributed by atoms with Crippen molar-refractivity contribution in [2.45, 2.75) is 20.4 Å². The van der Waals surface area contributed by atoms with Crippen LogP contribution in [0.1, 0.15) is 27.4 Å². The molecular formula is C18H22N2O2. The van der Waals surface area contributed by atoms with E-state index >= 15 is 0 Å². The number of rotatable bonds is 3. The number of aryl methyl sites for hydroxylation is 2. The summed E-state index contributed by atoms with van der Waals surface area (Å²) < 4.78 is 5.55. The lowest BCUT2D eigenvalue weighted by molar-refractivity contribution is 0.0596. The number of carbonyl (C=O) groups excluding carboxylic acids is 1. The van der Waals surface area contributed by atoms with Crippen molar-refractivity contribution in [2.24, 2.45) is 0 Å². The molecule has 2 aromatic rings. The van der Waals surface area contributed by atoms with Gasteiger partial charge in [-0.15, -0.1) is 0 Å². The second-order valence-electron chi connectivity index (χ2n) is 5.90. The first-order chi connectivity index (χ1) is 10.6. The highest BCUT2D eigenvalue weighted by atomic mass is 16.4. The molecule has 4 nitrogen and oxygen atoms in total.